The Labute approximate surface area is 213 Å². The van der Waals surface area contributed by atoms with Crippen LogP contribution in [-0.2, 0) is 38.0 Å². The Kier molecular flexibility index (Phi) is 30.1. The van der Waals surface area contributed by atoms with E-state index < -0.39 is 0 Å². The van der Waals surface area contributed by atoms with E-state index in [2.05, 4.69) is 13.5 Å². The van der Waals surface area contributed by atoms with Gasteiger partial charge in [-0.05, 0) is 6.42 Å². The number of carbonyl (C=O) groups is 1. The van der Waals surface area contributed by atoms with E-state index in [0.717, 1.165) is 12.8 Å². The maximum Gasteiger partial charge on any atom is 0.305 e. The minimum atomic E-state index is -0.129. The summed E-state index contributed by atoms with van der Waals surface area (Å²) in [4.78, 5) is 11.7. The molecule has 0 saturated carbocycles. The Morgan fingerprint density at radius 3 is 1.34 bits per heavy atom. The van der Waals surface area contributed by atoms with Crippen LogP contribution in [0.15, 0.2) is 12.7 Å². The summed E-state index contributed by atoms with van der Waals surface area (Å²) < 4.78 is 37.4. The second kappa shape index (κ2) is 31.0. The number of carbonyl (C=O) groups excluding carboxylic acids is 1. The van der Waals surface area contributed by atoms with Crippen molar-refractivity contribution in [2.24, 2.45) is 0 Å². The Morgan fingerprint density at radius 2 is 0.914 bits per heavy atom. The van der Waals surface area contributed by atoms with E-state index in [0.29, 0.717) is 92.3 Å². The van der Waals surface area contributed by atoms with Gasteiger partial charge in [0.05, 0.1) is 79.3 Å². The zero-order valence-electron chi connectivity index (χ0n) is 22.3. The topological polar surface area (TPSA) is 81.7 Å². The van der Waals surface area contributed by atoms with E-state index in [1.165, 1.54) is 44.9 Å². The summed E-state index contributed by atoms with van der Waals surface area (Å²) >= 11 is 0. The third-order valence-electron chi connectivity index (χ3n) is 5.07. The summed E-state index contributed by atoms with van der Waals surface area (Å²) in [7, 11) is 0. The normalized spacial score (nSPS) is 11.1. The maximum atomic E-state index is 11.7. The van der Waals surface area contributed by atoms with Crippen molar-refractivity contribution in [1.29, 1.82) is 0 Å². The molecule has 8 heteroatoms. The zero-order valence-corrected chi connectivity index (χ0v) is 22.3. The van der Waals surface area contributed by atoms with Gasteiger partial charge in [0.1, 0.15) is 6.61 Å². The number of ether oxygens (including phenoxy) is 7. The smallest absolute Gasteiger partial charge is 0.305 e. The Hall–Kier alpha value is -1.03. The van der Waals surface area contributed by atoms with Crippen molar-refractivity contribution >= 4 is 5.97 Å². The minimum Gasteiger partial charge on any atom is -0.463 e. The lowest BCUT2D eigenvalue weighted by Crippen LogP contribution is -2.15. The summed E-state index contributed by atoms with van der Waals surface area (Å²) in [6, 6.07) is 0. The van der Waals surface area contributed by atoms with Crippen molar-refractivity contribution in [3.05, 3.63) is 12.7 Å². The van der Waals surface area contributed by atoms with Gasteiger partial charge in [0.15, 0.2) is 0 Å². The quantitative estimate of drug-likeness (QED) is 0.0788. The monoisotopic (exact) mass is 504 g/mol. The Morgan fingerprint density at radius 1 is 0.543 bits per heavy atom. The van der Waals surface area contributed by atoms with Crippen LogP contribution in [0.25, 0.3) is 0 Å². The van der Waals surface area contributed by atoms with Crippen LogP contribution in [-0.4, -0.2) is 91.9 Å². The third kappa shape index (κ3) is 30.9. The number of unbranched alkanes of at least 4 members (excludes halogenated alkanes) is 8. The second-order valence-corrected chi connectivity index (χ2v) is 8.22. The predicted octanol–water partition coefficient (Wildman–Crippen LogP) is 4.74. The van der Waals surface area contributed by atoms with E-state index in [-0.39, 0.29) is 5.97 Å². The van der Waals surface area contributed by atoms with Crippen LogP contribution < -0.4 is 0 Å². The fraction of sp³-hybridized carbons (Fsp3) is 0.889. The van der Waals surface area contributed by atoms with Crippen molar-refractivity contribution in [2.75, 3.05) is 85.9 Å². The number of hydrogen-bond donors (Lipinski definition) is 0. The molecule has 0 heterocycles. The zero-order chi connectivity index (χ0) is 25.5. The number of hydrogen-bond acceptors (Lipinski definition) is 8. The molecule has 208 valence electrons. The summed E-state index contributed by atoms with van der Waals surface area (Å²) in [6.07, 6.45) is 13.4. The largest absolute Gasteiger partial charge is 0.463 e. The van der Waals surface area contributed by atoms with Crippen LogP contribution in [0, 0.1) is 0 Å². The third-order valence-corrected chi connectivity index (χ3v) is 5.07. The molecule has 0 aromatic carbocycles. The van der Waals surface area contributed by atoms with Crippen LogP contribution in [0.3, 0.4) is 0 Å². The molecule has 35 heavy (non-hydrogen) atoms. The molecule has 0 aromatic rings. The van der Waals surface area contributed by atoms with E-state index in [1.54, 1.807) is 6.08 Å². The van der Waals surface area contributed by atoms with Crippen LogP contribution in [0.2, 0.25) is 0 Å². The van der Waals surface area contributed by atoms with Gasteiger partial charge in [0.2, 0.25) is 0 Å². The fourth-order valence-electron chi connectivity index (χ4n) is 3.13. The molecule has 0 bridgehead atoms. The van der Waals surface area contributed by atoms with Gasteiger partial charge in [0, 0.05) is 6.42 Å². The second-order valence-electron chi connectivity index (χ2n) is 8.22. The van der Waals surface area contributed by atoms with Crippen LogP contribution in [0.5, 0.6) is 0 Å². The fourth-order valence-corrected chi connectivity index (χ4v) is 3.13. The van der Waals surface area contributed by atoms with Crippen molar-refractivity contribution < 1.29 is 38.0 Å². The van der Waals surface area contributed by atoms with E-state index >= 15 is 0 Å². The van der Waals surface area contributed by atoms with Gasteiger partial charge >= 0.3 is 5.97 Å². The standard InChI is InChI=1S/C27H52O8/c1-3-5-6-7-8-9-10-11-12-13-27(28)35-26-25-34-24-23-33-22-21-32-20-19-31-18-17-30-16-15-29-14-4-2/h4H,2-3,5-26H2,1H3. The highest BCUT2D eigenvalue weighted by Gasteiger charge is 2.02. The average molecular weight is 505 g/mol. The summed E-state index contributed by atoms with van der Waals surface area (Å²) in [5.74, 6) is -0.129. The molecule has 8 nitrogen and oxygen atoms in total. The molecule has 0 aromatic heterocycles. The van der Waals surface area contributed by atoms with Gasteiger partial charge in [-0.2, -0.15) is 0 Å². The van der Waals surface area contributed by atoms with Crippen molar-refractivity contribution in [2.45, 2.75) is 71.1 Å². The van der Waals surface area contributed by atoms with Crippen LogP contribution >= 0.6 is 0 Å². The first kappa shape index (κ1) is 34.0. The molecule has 0 aliphatic heterocycles. The molecule has 0 aliphatic carbocycles. The molecule has 0 unspecified atom stereocenters. The first-order chi connectivity index (χ1) is 17.3. The van der Waals surface area contributed by atoms with Gasteiger partial charge in [-0.1, -0.05) is 64.4 Å². The van der Waals surface area contributed by atoms with Gasteiger partial charge in [-0.25, -0.2) is 0 Å². The van der Waals surface area contributed by atoms with Gasteiger partial charge in [-0.15, -0.1) is 6.58 Å². The van der Waals surface area contributed by atoms with Crippen molar-refractivity contribution in [1.82, 2.24) is 0 Å². The van der Waals surface area contributed by atoms with Crippen LogP contribution in [0.4, 0.5) is 0 Å². The molecule has 0 aliphatic rings. The van der Waals surface area contributed by atoms with Crippen molar-refractivity contribution in [3.8, 4) is 0 Å². The highest BCUT2D eigenvalue weighted by molar-refractivity contribution is 5.69. The predicted molar refractivity (Wildman–Crippen MR) is 138 cm³/mol. The highest BCUT2D eigenvalue weighted by atomic mass is 16.6. The maximum absolute atomic E-state index is 11.7. The molecule has 0 spiro atoms. The molecule has 0 amide bonds. The molecule has 0 atom stereocenters. The Bertz CT molecular complexity index is 433. The van der Waals surface area contributed by atoms with E-state index in [1.807, 2.05) is 0 Å². The molecule has 0 N–H and O–H groups in total. The van der Waals surface area contributed by atoms with Gasteiger partial charge in [-0.3, -0.25) is 4.79 Å². The first-order valence-corrected chi connectivity index (χ1v) is 13.5. The molecule has 0 saturated heterocycles. The van der Waals surface area contributed by atoms with Gasteiger partial charge < -0.3 is 33.2 Å². The number of rotatable bonds is 30. The molecule has 0 fully saturated rings. The van der Waals surface area contributed by atoms with E-state index in [9.17, 15) is 4.79 Å². The van der Waals surface area contributed by atoms with Crippen LogP contribution in [0.1, 0.15) is 71.1 Å². The van der Waals surface area contributed by atoms with Crippen molar-refractivity contribution in [3.63, 3.8) is 0 Å². The van der Waals surface area contributed by atoms with Gasteiger partial charge in [0.25, 0.3) is 0 Å². The lowest BCUT2D eigenvalue weighted by atomic mass is 10.1. The molecular formula is C27H52O8. The SMILES string of the molecule is C=CCOCCOCCOCCOCCOCCOCCOC(=O)CCCCCCCCCCC. The van der Waals surface area contributed by atoms with E-state index in [4.69, 9.17) is 33.2 Å². The summed E-state index contributed by atoms with van der Waals surface area (Å²) in [5.41, 5.74) is 0. The first-order valence-electron chi connectivity index (χ1n) is 13.5. The lowest BCUT2D eigenvalue weighted by molar-refractivity contribution is -0.145. The highest BCUT2D eigenvalue weighted by Crippen LogP contribution is 2.10. The molecule has 0 rings (SSSR count). The Balaban J connectivity index is 3.12. The number of esters is 1. The molecule has 0 radical (unpaired) electrons. The minimum absolute atomic E-state index is 0.129. The average Bonchev–Trinajstić information content (AvgIpc) is 2.86. The summed E-state index contributed by atoms with van der Waals surface area (Å²) in [5, 5.41) is 0. The lowest BCUT2D eigenvalue weighted by Gasteiger charge is -2.08. The summed E-state index contributed by atoms with van der Waals surface area (Å²) in [6.45, 7) is 12.3. The molecular weight excluding hydrogens is 452 g/mol.